The fraction of sp³-hybridized carbons (Fsp3) is 0.238. The zero-order valence-electron chi connectivity index (χ0n) is 17.0. The Balaban J connectivity index is 1.56. The standard InChI is InChI=1S/C21H18ClF3N6O2/c22-12-1-4-17-16(9-12)29-20(33-17)27-11-18-21(24,25)5-8-31(18)19(32)14-10-13(23)2-3-15(14)30-28-7-6-26/h1-4,6-7,9-10,18,26,30H,5,8,11H2,(H,27,29)/b26-6?,28-7-. The minimum atomic E-state index is -3.18. The number of carbonyl (C=O) groups excluding carboxylic acids is 1. The predicted molar refractivity (Wildman–Crippen MR) is 119 cm³/mol. The molecule has 0 radical (unpaired) electrons. The number of carbonyl (C=O) groups is 1. The number of anilines is 2. The minimum absolute atomic E-state index is 0.0106. The van der Waals surface area contributed by atoms with Crippen molar-refractivity contribution in [2.24, 2.45) is 5.10 Å². The number of amides is 1. The summed E-state index contributed by atoms with van der Waals surface area (Å²) in [4.78, 5) is 18.3. The van der Waals surface area contributed by atoms with Gasteiger partial charge in [0.15, 0.2) is 5.58 Å². The second-order valence-corrected chi connectivity index (χ2v) is 7.72. The van der Waals surface area contributed by atoms with Crippen molar-refractivity contribution in [1.82, 2.24) is 9.88 Å². The first-order valence-electron chi connectivity index (χ1n) is 9.85. The lowest BCUT2D eigenvalue weighted by molar-refractivity contribution is -0.0249. The number of aromatic nitrogens is 1. The van der Waals surface area contributed by atoms with Crippen molar-refractivity contribution in [3.05, 3.63) is 52.8 Å². The lowest BCUT2D eigenvalue weighted by Gasteiger charge is -2.28. The van der Waals surface area contributed by atoms with E-state index in [2.05, 4.69) is 20.8 Å². The molecule has 8 nitrogen and oxygen atoms in total. The van der Waals surface area contributed by atoms with E-state index in [4.69, 9.17) is 21.4 Å². The molecule has 2 heterocycles. The maximum absolute atomic E-state index is 14.7. The van der Waals surface area contributed by atoms with Gasteiger partial charge in [0.05, 0.1) is 17.5 Å². The molecule has 1 aliphatic rings. The molecule has 1 aliphatic heterocycles. The topological polar surface area (TPSA) is 107 Å². The Morgan fingerprint density at radius 3 is 2.97 bits per heavy atom. The SMILES string of the molecule is N=C/C=N\Nc1ccc(F)cc1C(=O)N1CCC(F)(F)C1CNc1nc2cc(Cl)ccc2o1. The van der Waals surface area contributed by atoms with Crippen molar-refractivity contribution in [1.29, 1.82) is 5.41 Å². The Bertz CT molecular complexity index is 1230. The van der Waals surface area contributed by atoms with Gasteiger partial charge in [-0.25, -0.2) is 13.2 Å². The predicted octanol–water partition coefficient (Wildman–Crippen LogP) is 4.63. The highest BCUT2D eigenvalue weighted by molar-refractivity contribution is 6.31. The summed E-state index contributed by atoms with van der Waals surface area (Å²) in [7, 11) is 0. The molecule has 2 aromatic carbocycles. The van der Waals surface area contributed by atoms with Crippen LogP contribution < -0.4 is 10.7 Å². The number of oxazole rings is 1. The van der Waals surface area contributed by atoms with Gasteiger partial charge in [-0.15, -0.1) is 0 Å². The van der Waals surface area contributed by atoms with Gasteiger partial charge >= 0.3 is 0 Å². The number of rotatable bonds is 7. The van der Waals surface area contributed by atoms with Gasteiger partial charge in [0, 0.05) is 30.7 Å². The second-order valence-electron chi connectivity index (χ2n) is 7.28. The van der Waals surface area contributed by atoms with E-state index in [0.717, 1.165) is 29.5 Å². The third-order valence-corrected chi connectivity index (χ3v) is 5.39. The molecule has 1 saturated heterocycles. The molecule has 1 aromatic heterocycles. The fourth-order valence-electron chi connectivity index (χ4n) is 3.57. The van der Waals surface area contributed by atoms with Crippen LogP contribution in [0.2, 0.25) is 5.02 Å². The van der Waals surface area contributed by atoms with Gasteiger partial charge < -0.3 is 20.0 Å². The minimum Gasteiger partial charge on any atom is -0.424 e. The average molecular weight is 479 g/mol. The number of benzene rings is 2. The Morgan fingerprint density at radius 1 is 1.36 bits per heavy atom. The molecule has 0 aliphatic carbocycles. The van der Waals surface area contributed by atoms with Gasteiger partial charge in [-0.3, -0.25) is 10.2 Å². The molecule has 172 valence electrons. The summed E-state index contributed by atoms with van der Waals surface area (Å²) in [5.74, 6) is -4.67. The normalized spacial score (nSPS) is 17.6. The van der Waals surface area contributed by atoms with Crippen molar-refractivity contribution in [3.8, 4) is 0 Å². The number of hydrogen-bond donors (Lipinski definition) is 3. The van der Waals surface area contributed by atoms with E-state index >= 15 is 0 Å². The van der Waals surface area contributed by atoms with Gasteiger partial charge in [-0.1, -0.05) is 11.6 Å². The van der Waals surface area contributed by atoms with Crippen molar-refractivity contribution in [3.63, 3.8) is 0 Å². The molecule has 12 heteroatoms. The molecule has 4 rings (SSSR count). The van der Waals surface area contributed by atoms with Gasteiger partial charge in [-0.05, 0) is 36.4 Å². The van der Waals surface area contributed by atoms with Gasteiger partial charge in [0.1, 0.15) is 17.4 Å². The zero-order valence-corrected chi connectivity index (χ0v) is 17.7. The molecule has 1 fully saturated rings. The Labute approximate surface area is 190 Å². The highest BCUT2D eigenvalue weighted by Crippen LogP contribution is 2.36. The van der Waals surface area contributed by atoms with Crippen LogP contribution in [0, 0.1) is 11.2 Å². The summed E-state index contributed by atoms with van der Waals surface area (Å²) in [5, 5.41) is 13.8. The van der Waals surface area contributed by atoms with Crippen LogP contribution in [-0.2, 0) is 0 Å². The smallest absolute Gasteiger partial charge is 0.295 e. The maximum atomic E-state index is 14.7. The lowest BCUT2D eigenvalue weighted by atomic mass is 10.1. The summed E-state index contributed by atoms with van der Waals surface area (Å²) in [6.45, 7) is -0.565. The van der Waals surface area contributed by atoms with E-state index in [0.29, 0.717) is 16.1 Å². The average Bonchev–Trinajstić information content (AvgIpc) is 3.31. The Morgan fingerprint density at radius 2 is 2.18 bits per heavy atom. The van der Waals surface area contributed by atoms with Crippen LogP contribution in [0.15, 0.2) is 45.9 Å². The Hall–Kier alpha value is -3.60. The molecular formula is C21H18ClF3N6O2. The number of fused-ring (bicyclic) bond motifs is 1. The van der Waals surface area contributed by atoms with Gasteiger partial charge in [0.25, 0.3) is 17.8 Å². The molecule has 0 spiro atoms. The number of likely N-dealkylation sites (tertiary alicyclic amines) is 1. The summed E-state index contributed by atoms with van der Waals surface area (Å²) >= 11 is 5.93. The van der Waals surface area contributed by atoms with E-state index in [-0.39, 0.29) is 30.4 Å². The molecule has 1 unspecified atom stereocenters. The first kappa shape index (κ1) is 22.6. The molecule has 3 aromatic rings. The van der Waals surface area contributed by atoms with Crippen molar-refractivity contribution in [2.75, 3.05) is 23.8 Å². The third-order valence-electron chi connectivity index (χ3n) is 5.15. The first-order valence-corrected chi connectivity index (χ1v) is 10.2. The van der Waals surface area contributed by atoms with E-state index in [1.54, 1.807) is 18.2 Å². The van der Waals surface area contributed by atoms with E-state index in [1.165, 1.54) is 6.07 Å². The monoisotopic (exact) mass is 478 g/mol. The fourth-order valence-corrected chi connectivity index (χ4v) is 3.74. The zero-order chi connectivity index (χ0) is 23.6. The first-order chi connectivity index (χ1) is 15.8. The summed E-state index contributed by atoms with van der Waals surface area (Å²) in [6, 6.07) is 6.61. The molecule has 0 bridgehead atoms. The summed E-state index contributed by atoms with van der Waals surface area (Å²) < 4.78 is 48.7. The molecule has 0 saturated carbocycles. The van der Waals surface area contributed by atoms with Crippen molar-refractivity contribution < 1.29 is 22.4 Å². The molecule has 1 atom stereocenters. The van der Waals surface area contributed by atoms with E-state index < -0.39 is 30.1 Å². The number of alkyl halides is 2. The molecular weight excluding hydrogens is 461 g/mol. The van der Waals surface area contributed by atoms with Crippen LogP contribution >= 0.6 is 11.6 Å². The van der Waals surface area contributed by atoms with Crippen LogP contribution in [0.5, 0.6) is 0 Å². The Kier molecular flexibility index (Phi) is 6.23. The molecule has 33 heavy (non-hydrogen) atoms. The lowest BCUT2D eigenvalue weighted by Crippen LogP contribution is -2.47. The van der Waals surface area contributed by atoms with Gasteiger partial charge in [-0.2, -0.15) is 10.1 Å². The number of halogens is 4. The summed E-state index contributed by atoms with van der Waals surface area (Å²) in [5.41, 5.74) is 3.37. The quantitative estimate of drug-likeness (QED) is 0.339. The molecule has 3 N–H and O–H groups in total. The van der Waals surface area contributed by atoms with Crippen LogP contribution in [0.3, 0.4) is 0 Å². The molecule has 1 amide bonds. The summed E-state index contributed by atoms with van der Waals surface area (Å²) in [6.07, 6.45) is 1.47. The van der Waals surface area contributed by atoms with E-state index in [1.807, 2.05) is 0 Å². The number of nitrogens with one attached hydrogen (secondary N) is 3. The second kappa shape index (κ2) is 9.10. The largest absolute Gasteiger partial charge is 0.424 e. The van der Waals surface area contributed by atoms with Crippen LogP contribution in [0.4, 0.5) is 24.9 Å². The number of nitrogens with zero attached hydrogens (tertiary/aromatic N) is 3. The van der Waals surface area contributed by atoms with Crippen LogP contribution in [-0.4, -0.2) is 53.3 Å². The number of hydrogen-bond acceptors (Lipinski definition) is 7. The maximum Gasteiger partial charge on any atom is 0.295 e. The van der Waals surface area contributed by atoms with E-state index in [9.17, 15) is 18.0 Å². The van der Waals surface area contributed by atoms with Crippen molar-refractivity contribution in [2.45, 2.75) is 18.4 Å². The van der Waals surface area contributed by atoms with Crippen LogP contribution in [0.1, 0.15) is 16.8 Å². The highest BCUT2D eigenvalue weighted by Gasteiger charge is 2.51. The highest BCUT2D eigenvalue weighted by atomic mass is 35.5. The number of hydrazone groups is 1. The van der Waals surface area contributed by atoms with Crippen molar-refractivity contribution >= 4 is 52.7 Å². The third kappa shape index (κ3) is 4.77. The van der Waals surface area contributed by atoms with Gasteiger partial charge in [0.2, 0.25) is 0 Å². The van der Waals surface area contributed by atoms with Crippen LogP contribution in [0.25, 0.3) is 11.1 Å².